The van der Waals surface area contributed by atoms with Gasteiger partial charge in [-0.1, -0.05) is 25.9 Å². The first-order valence-electron chi connectivity index (χ1n) is 6.29. The highest BCUT2D eigenvalue weighted by atomic mass is 33.1. The quantitative estimate of drug-likeness (QED) is 0.642. The lowest BCUT2D eigenvalue weighted by molar-refractivity contribution is 0.182. The van der Waals surface area contributed by atoms with E-state index in [1.54, 1.807) is 6.92 Å². The molecule has 0 radical (unpaired) electrons. The molecule has 0 atom stereocenters. The average Bonchev–Trinajstić information content (AvgIpc) is 2.79. The van der Waals surface area contributed by atoms with Crippen molar-refractivity contribution in [1.82, 2.24) is 10.5 Å². The van der Waals surface area contributed by atoms with Crippen LogP contribution in [0.25, 0.3) is 0 Å². The van der Waals surface area contributed by atoms with Gasteiger partial charge in [-0.2, -0.15) is 0 Å². The van der Waals surface area contributed by atoms with Gasteiger partial charge in [-0.25, -0.2) is 9.59 Å². The van der Waals surface area contributed by atoms with Crippen LogP contribution in [0.1, 0.15) is 33.4 Å². The summed E-state index contributed by atoms with van der Waals surface area (Å²) in [7, 11) is 3.57. The molecular formula is C12H19N3O4S2. The Morgan fingerprint density at radius 1 is 1.38 bits per heavy atom. The first-order valence-corrected chi connectivity index (χ1v) is 8.44. The molecule has 118 valence electrons. The largest absolute Gasteiger partial charge is 0.457 e. The number of carbonyl (C=O) groups excluding carboxylic acids is 2. The maximum Gasteiger partial charge on any atom is 0.378 e. The molecule has 7 nitrogen and oxygen atoms in total. The van der Waals surface area contributed by atoms with Crippen molar-refractivity contribution >= 4 is 38.8 Å². The molecule has 1 aromatic heterocycles. The van der Waals surface area contributed by atoms with Gasteiger partial charge in [0.25, 0.3) is 0 Å². The van der Waals surface area contributed by atoms with Crippen molar-refractivity contribution in [3.8, 4) is 0 Å². The van der Waals surface area contributed by atoms with Crippen molar-refractivity contribution in [2.75, 3.05) is 19.0 Å². The van der Waals surface area contributed by atoms with Gasteiger partial charge in [-0.05, 0) is 17.7 Å². The van der Waals surface area contributed by atoms with Gasteiger partial charge in [-0.3, -0.25) is 5.32 Å². The van der Waals surface area contributed by atoms with E-state index in [1.807, 2.05) is 20.8 Å². The Labute approximate surface area is 131 Å². The van der Waals surface area contributed by atoms with Crippen molar-refractivity contribution in [3.05, 3.63) is 5.69 Å². The topological polar surface area (TPSA) is 93.5 Å². The van der Waals surface area contributed by atoms with Gasteiger partial charge in [0.15, 0.2) is 0 Å². The number of hydrogen-bond acceptors (Lipinski definition) is 7. The van der Waals surface area contributed by atoms with Crippen LogP contribution in [0.5, 0.6) is 0 Å². The van der Waals surface area contributed by atoms with Crippen molar-refractivity contribution in [3.63, 3.8) is 0 Å². The molecule has 0 bridgehead atoms. The fourth-order valence-corrected chi connectivity index (χ4v) is 3.27. The lowest BCUT2D eigenvalue weighted by atomic mass is 9.92. The third-order valence-corrected chi connectivity index (χ3v) is 4.31. The van der Waals surface area contributed by atoms with Gasteiger partial charge in [0, 0.05) is 23.3 Å². The fraction of sp³-hybridized carbons (Fsp3) is 0.583. The zero-order chi connectivity index (χ0) is 16.0. The Balaban J connectivity index is 2.97. The van der Waals surface area contributed by atoms with Crippen LogP contribution >= 0.6 is 21.6 Å². The first kappa shape index (κ1) is 17.7. The van der Waals surface area contributed by atoms with Crippen LogP contribution in [0.3, 0.4) is 0 Å². The monoisotopic (exact) mass is 333 g/mol. The number of urea groups is 1. The van der Waals surface area contributed by atoms with Crippen LogP contribution in [-0.2, 0) is 10.2 Å². The van der Waals surface area contributed by atoms with Gasteiger partial charge in [-0.15, -0.1) is 0 Å². The summed E-state index contributed by atoms with van der Waals surface area (Å²) in [4.78, 5) is 23.5. The molecule has 0 aliphatic rings. The maximum atomic E-state index is 11.5. The zero-order valence-electron chi connectivity index (χ0n) is 12.6. The molecule has 21 heavy (non-hydrogen) atoms. The summed E-state index contributed by atoms with van der Waals surface area (Å²) in [5.41, 5.74) is 0.375. The first-order chi connectivity index (χ1) is 9.79. The summed E-state index contributed by atoms with van der Waals surface area (Å²) in [6.45, 7) is 7.95. The molecule has 0 fully saturated rings. The Hall–Kier alpha value is -1.35. The van der Waals surface area contributed by atoms with Crippen molar-refractivity contribution in [1.29, 1.82) is 0 Å². The Morgan fingerprint density at radius 3 is 2.57 bits per heavy atom. The average molecular weight is 333 g/mol. The second-order valence-electron chi connectivity index (χ2n) is 4.99. The number of nitrogens with one attached hydrogen (secondary N) is 2. The molecular weight excluding hydrogens is 314 g/mol. The summed E-state index contributed by atoms with van der Waals surface area (Å²) < 4.78 is 10.0. The molecule has 9 heteroatoms. The SMILES string of the molecule is CCOC(=O)SSc1c(C(C)(C)C)noc1NC(=O)NC. The van der Waals surface area contributed by atoms with E-state index in [4.69, 9.17) is 9.26 Å². The van der Waals surface area contributed by atoms with E-state index in [0.717, 1.165) is 21.6 Å². The van der Waals surface area contributed by atoms with E-state index in [-0.39, 0.29) is 11.3 Å². The van der Waals surface area contributed by atoms with Gasteiger partial charge in [0.1, 0.15) is 10.6 Å². The molecule has 0 saturated heterocycles. The molecule has 2 amide bonds. The lowest BCUT2D eigenvalue weighted by Gasteiger charge is -2.15. The van der Waals surface area contributed by atoms with Crippen molar-refractivity contribution in [2.45, 2.75) is 38.0 Å². The number of nitrogens with zero attached hydrogens (tertiary/aromatic N) is 1. The zero-order valence-corrected chi connectivity index (χ0v) is 14.2. The van der Waals surface area contributed by atoms with Crippen LogP contribution in [0, 0.1) is 0 Å². The highest BCUT2D eigenvalue weighted by Crippen LogP contribution is 2.43. The van der Waals surface area contributed by atoms with Gasteiger partial charge in [0.2, 0.25) is 5.88 Å². The smallest absolute Gasteiger partial charge is 0.378 e. The number of carbonyl (C=O) groups is 2. The second-order valence-corrected chi connectivity index (χ2v) is 7.07. The van der Waals surface area contributed by atoms with Crippen LogP contribution in [0.2, 0.25) is 0 Å². The van der Waals surface area contributed by atoms with Crippen molar-refractivity contribution in [2.24, 2.45) is 0 Å². The molecule has 0 aromatic carbocycles. The Morgan fingerprint density at radius 2 is 2.05 bits per heavy atom. The number of rotatable bonds is 4. The van der Waals surface area contributed by atoms with E-state index in [1.165, 1.54) is 7.05 Å². The van der Waals surface area contributed by atoms with E-state index < -0.39 is 11.3 Å². The fourth-order valence-electron chi connectivity index (χ4n) is 1.30. The Bertz CT molecular complexity index is 511. The highest BCUT2D eigenvalue weighted by molar-refractivity contribution is 8.82. The molecule has 1 aromatic rings. The van der Waals surface area contributed by atoms with Gasteiger partial charge < -0.3 is 14.6 Å². The molecule has 0 aliphatic carbocycles. The highest BCUT2D eigenvalue weighted by Gasteiger charge is 2.28. The molecule has 0 spiro atoms. The van der Waals surface area contributed by atoms with Gasteiger partial charge >= 0.3 is 11.3 Å². The minimum absolute atomic E-state index is 0.209. The maximum absolute atomic E-state index is 11.5. The summed E-state index contributed by atoms with van der Waals surface area (Å²) in [6.07, 6.45) is 0. The third-order valence-electron chi connectivity index (χ3n) is 2.27. The number of ether oxygens (including phenoxy) is 1. The standard InChI is InChI=1S/C12H19N3O4S2/c1-6-18-11(17)21-20-7-8(12(2,3)4)15-19-9(7)14-10(16)13-5/h6H2,1-5H3,(H2,13,14,16). The summed E-state index contributed by atoms with van der Waals surface area (Å²) in [6, 6.07) is -0.422. The van der Waals surface area contributed by atoms with Crippen LogP contribution in [0.4, 0.5) is 15.5 Å². The van der Waals surface area contributed by atoms with Crippen molar-refractivity contribution < 1.29 is 18.8 Å². The number of aromatic nitrogens is 1. The molecule has 1 rings (SSSR count). The summed E-state index contributed by atoms with van der Waals surface area (Å²) in [5.74, 6) is 0.209. The van der Waals surface area contributed by atoms with Gasteiger partial charge in [0.05, 0.1) is 6.61 Å². The van der Waals surface area contributed by atoms with E-state index >= 15 is 0 Å². The second kappa shape index (κ2) is 7.60. The summed E-state index contributed by atoms with van der Waals surface area (Å²) in [5, 5.41) is 8.56. The molecule has 0 unspecified atom stereocenters. The minimum Gasteiger partial charge on any atom is -0.457 e. The minimum atomic E-state index is -0.422. The van der Waals surface area contributed by atoms with E-state index in [0.29, 0.717) is 17.2 Å². The summed E-state index contributed by atoms with van der Waals surface area (Å²) >= 11 is 0. The van der Waals surface area contributed by atoms with Crippen LogP contribution in [-0.4, -0.2) is 30.1 Å². The molecule has 2 N–H and O–H groups in total. The van der Waals surface area contributed by atoms with E-state index in [2.05, 4.69) is 15.8 Å². The third kappa shape index (κ3) is 5.16. The number of amides is 2. The molecule has 0 saturated carbocycles. The Kier molecular flexibility index (Phi) is 6.41. The van der Waals surface area contributed by atoms with E-state index in [9.17, 15) is 9.59 Å². The lowest BCUT2D eigenvalue weighted by Crippen LogP contribution is -2.24. The number of anilines is 1. The molecule has 0 aliphatic heterocycles. The normalized spacial score (nSPS) is 11.1. The number of hydrogen-bond donors (Lipinski definition) is 2. The van der Waals surface area contributed by atoms with Crippen LogP contribution < -0.4 is 10.6 Å². The molecule has 1 heterocycles. The van der Waals surface area contributed by atoms with Crippen LogP contribution in [0.15, 0.2) is 9.42 Å². The predicted octanol–water partition coefficient (Wildman–Crippen LogP) is 3.62. The predicted molar refractivity (Wildman–Crippen MR) is 83.8 cm³/mol.